The number of primary amides is 1. The van der Waals surface area contributed by atoms with Crippen molar-refractivity contribution >= 4 is 34.1 Å². The molecule has 0 spiro atoms. The number of rotatable bonds is 6. The highest BCUT2D eigenvalue weighted by Gasteiger charge is 2.29. The molecule has 0 radical (unpaired) electrons. The fourth-order valence-corrected chi connectivity index (χ4v) is 3.08. The number of fused-ring (bicyclic) bond motifs is 1. The van der Waals surface area contributed by atoms with Crippen molar-refractivity contribution in [3.8, 4) is 5.75 Å². The number of amides is 2. The van der Waals surface area contributed by atoms with E-state index in [9.17, 15) is 9.59 Å². The first-order chi connectivity index (χ1) is 13.4. The molecule has 0 bridgehead atoms. The average molecular weight is 389 g/mol. The van der Waals surface area contributed by atoms with Crippen molar-refractivity contribution in [1.29, 1.82) is 0 Å². The molecule has 1 aromatic carbocycles. The van der Waals surface area contributed by atoms with Crippen molar-refractivity contribution in [2.75, 3.05) is 0 Å². The number of aromatic nitrogens is 1. The lowest BCUT2D eigenvalue weighted by atomic mass is 10.0. The van der Waals surface area contributed by atoms with Crippen LogP contribution in [0.2, 0.25) is 0 Å². The Morgan fingerprint density at radius 1 is 1.41 bits per heavy atom. The van der Waals surface area contributed by atoms with Crippen LogP contribution in [-0.2, 0) is 11.4 Å². The maximum absolute atomic E-state index is 12.8. The van der Waals surface area contributed by atoms with E-state index in [1.165, 1.54) is 37.4 Å². The highest BCUT2D eigenvalue weighted by Crippen LogP contribution is 2.30. The second kappa shape index (κ2) is 7.03. The number of ether oxygens (including phenoxy) is 1. The molecule has 2 amide bonds. The maximum atomic E-state index is 12.8. The van der Waals surface area contributed by atoms with Gasteiger partial charge in [0.1, 0.15) is 29.2 Å². The highest BCUT2D eigenvalue weighted by molar-refractivity contribution is 7.11. The van der Waals surface area contributed by atoms with Crippen molar-refractivity contribution in [2.45, 2.75) is 39.8 Å². The molecule has 0 saturated carbocycles. The Hall–Kier alpha value is -2.87. The number of furan rings is 1. The van der Waals surface area contributed by atoms with Gasteiger partial charge in [-0.15, -0.1) is 11.3 Å². The van der Waals surface area contributed by atoms with Gasteiger partial charge in [0.2, 0.25) is 5.91 Å². The first kappa shape index (κ1) is 16.3. The largest absolute Gasteiger partial charge is 0.488 e. The zero-order valence-electron chi connectivity index (χ0n) is 17.4. The molecule has 0 aliphatic carbocycles. The summed E-state index contributed by atoms with van der Waals surface area (Å²) in [5.41, 5.74) is 4.75. The van der Waals surface area contributed by atoms with Gasteiger partial charge < -0.3 is 20.2 Å². The second-order valence-corrected chi connectivity index (χ2v) is 7.82. The minimum absolute atomic E-state index is 0.220. The zero-order chi connectivity index (χ0) is 21.6. The number of aryl methyl sites for hydroxylation is 2. The Balaban J connectivity index is 1.96. The number of carbonyl (C=O) groups excluding carboxylic acids is 2. The van der Waals surface area contributed by atoms with Gasteiger partial charge in [0.15, 0.2) is 0 Å². The molecule has 2 aromatic heterocycles. The quantitative estimate of drug-likeness (QED) is 0.674. The Morgan fingerprint density at radius 2 is 2.15 bits per heavy atom. The first-order valence-electron chi connectivity index (χ1n) is 9.18. The lowest BCUT2D eigenvalue weighted by Crippen LogP contribution is -2.53. The minimum atomic E-state index is -2.09. The molecular formula is C19H21N3O4S. The smallest absolute Gasteiger partial charge is 0.256 e. The van der Waals surface area contributed by atoms with E-state index in [0.29, 0.717) is 21.6 Å². The predicted molar refractivity (Wildman–Crippen MR) is 103 cm³/mol. The van der Waals surface area contributed by atoms with Crippen molar-refractivity contribution in [1.82, 2.24) is 10.3 Å². The number of benzene rings is 1. The lowest BCUT2D eigenvalue weighted by molar-refractivity contribution is -0.122. The molecule has 142 valence electrons. The van der Waals surface area contributed by atoms with Crippen LogP contribution in [0.15, 0.2) is 28.8 Å². The summed E-state index contributed by atoms with van der Waals surface area (Å²) in [7, 11) is 0. The fraction of sp³-hybridized carbons (Fsp3) is 0.316. The molecule has 27 heavy (non-hydrogen) atoms. The Bertz CT molecular complexity index is 1100. The number of thiazole rings is 1. The van der Waals surface area contributed by atoms with Crippen molar-refractivity contribution < 1.29 is 21.5 Å². The van der Waals surface area contributed by atoms with Crippen molar-refractivity contribution in [3.05, 3.63) is 45.6 Å². The van der Waals surface area contributed by atoms with Crippen LogP contribution >= 0.6 is 11.3 Å². The van der Waals surface area contributed by atoms with Gasteiger partial charge >= 0.3 is 0 Å². The minimum Gasteiger partial charge on any atom is -0.488 e. The number of nitrogens with zero attached hydrogens (tertiary/aromatic N) is 1. The van der Waals surface area contributed by atoms with Crippen molar-refractivity contribution in [3.63, 3.8) is 0 Å². The SMILES string of the molecule is [2H]C([2H])(Oc1ccc2oc(C)c(C(=O)NC(C)(C)C(N)=O)c2c1)c1cnc(C)s1. The molecule has 0 atom stereocenters. The standard InChI is InChI=1S/C19H21N3O4S/c1-10-16(17(23)22-19(3,4)18(20)24)14-7-12(5-6-15(14)26-10)25-9-13-8-21-11(2)27-13/h5-8H,9H2,1-4H3,(H2,20,24)(H,22,23)/i9D2. The van der Waals surface area contributed by atoms with Gasteiger partial charge in [-0.05, 0) is 45.9 Å². The number of nitrogens with one attached hydrogen (secondary N) is 1. The van der Waals surface area contributed by atoms with E-state index < -0.39 is 23.9 Å². The van der Waals surface area contributed by atoms with Crippen molar-refractivity contribution in [2.24, 2.45) is 5.73 Å². The van der Waals surface area contributed by atoms with E-state index in [1.807, 2.05) is 0 Å². The summed E-state index contributed by atoms with van der Waals surface area (Å²) in [6.07, 6.45) is 1.44. The summed E-state index contributed by atoms with van der Waals surface area (Å²) < 4.78 is 27.6. The highest BCUT2D eigenvalue weighted by atomic mass is 32.1. The lowest BCUT2D eigenvalue weighted by Gasteiger charge is -2.22. The van der Waals surface area contributed by atoms with Crippen LogP contribution < -0.4 is 15.8 Å². The van der Waals surface area contributed by atoms with Gasteiger partial charge in [-0.1, -0.05) is 0 Å². The van der Waals surface area contributed by atoms with Gasteiger partial charge in [0, 0.05) is 11.6 Å². The third-order valence-corrected chi connectivity index (χ3v) is 4.80. The molecule has 3 rings (SSSR count). The summed E-state index contributed by atoms with van der Waals surface area (Å²) in [6.45, 7) is 4.33. The fourth-order valence-electron chi connectivity index (χ4n) is 2.47. The zero-order valence-corrected chi connectivity index (χ0v) is 16.2. The Kier molecular flexibility index (Phi) is 4.25. The molecule has 8 heteroatoms. The van der Waals surface area contributed by atoms with Crippen LogP contribution in [0, 0.1) is 13.8 Å². The monoisotopic (exact) mass is 389 g/mol. The Morgan fingerprint density at radius 3 is 2.78 bits per heavy atom. The summed E-state index contributed by atoms with van der Waals surface area (Å²) in [5.74, 6) is -0.620. The molecular weight excluding hydrogens is 366 g/mol. The maximum Gasteiger partial charge on any atom is 0.256 e. The normalized spacial score (nSPS) is 13.2. The van der Waals surface area contributed by atoms with Crippen LogP contribution in [0.25, 0.3) is 11.0 Å². The van der Waals surface area contributed by atoms with Gasteiger partial charge in [-0.2, -0.15) is 0 Å². The van der Waals surface area contributed by atoms with Crippen LogP contribution in [0.5, 0.6) is 5.75 Å². The first-order valence-corrected chi connectivity index (χ1v) is 9.00. The topological polar surface area (TPSA) is 107 Å². The van der Waals surface area contributed by atoms with E-state index in [2.05, 4.69) is 10.3 Å². The summed E-state index contributed by atoms with van der Waals surface area (Å²) in [5, 5.41) is 3.76. The van der Waals surface area contributed by atoms with Crippen LogP contribution in [-0.4, -0.2) is 22.3 Å². The van der Waals surface area contributed by atoms with E-state index in [4.69, 9.17) is 17.6 Å². The molecule has 0 fully saturated rings. The van der Waals surface area contributed by atoms with E-state index in [-0.39, 0.29) is 11.3 Å². The molecule has 0 saturated heterocycles. The number of hydrogen-bond donors (Lipinski definition) is 2. The molecule has 2 heterocycles. The molecule has 3 N–H and O–H groups in total. The van der Waals surface area contributed by atoms with Gasteiger partial charge in [-0.25, -0.2) is 4.98 Å². The number of nitrogens with two attached hydrogens (primary N) is 1. The number of hydrogen-bond acceptors (Lipinski definition) is 6. The van der Waals surface area contributed by atoms with E-state index >= 15 is 0 Å². The second-order valence-electron chi connectivity index (χ2n) is 6.58. The molecule has 0 aliphatic heterocycles. The Labute approximate surface area is 163 Å². The molecule has 3 aromatic rings. The van der Waals surface area contributed by atoms with Crippen LogP contribution in [0.3, 0.4) is 0 Å². The molecule has 7 nitrogen and oxygen atoms in total. The van der Waals surface area contributed by atoms with E-state index in [1.54, 1.807) is 26.0 Å². The summed E-state index contributed by atoms with van der Waals surface area (Å²) in [4.78, 5) is 28.7. The van der Waals surface area contributed by atoms with Gasteiger partial charge in [-0.3, -0.25) is 9.59 Å². The molecule has 0 unspecified atom stereocenters. The molecule has 0 aliphatic rings. The predicted octanol–water partition coefficient (Wildman–Crippen LogP) is 3.08. The third-order valence-electron chi connectivity index (χ3n) is 4.00. The van der Waals surface area contributed by atoms with Gasteiger partial charge in [0.05, 0.1) is 18.2 Å². The number of carbonyl (C=O) groups is 2. The van der Waals surface area contributed by atoms with Crippen LogP contribution in [0.4, 0.5) is 0 Å². The van der Waals surface area contributed by atoms with Gasteiger partial charge in [0.25, 0.3) is 5.91 Å². The average Bonchev–Trinajstić information content (AvgIpc) is 3.16. The van der Waals surface area contributed by atoms with Crippen LogP contribution in [0.1, 0.15) is 42.6 Å². The van der Waals surface area contributed by atoms with E-state index in [0.717, 1.165) is 5.01 Å². The third kappa shape index (κ3) is 3.95. The summed E-state index contributed by atoms with van der Waals surface area (Å²) >= 11 is 1.20. The summed E-state index contributed by atoms with van der Waals surface area (Å²) in [6, 6.07) is 4.69.